The Morgan fingerprint density at radius 2 is 1.93 bits per heavy atom. The Morgan fingerprint density at radius 3 is 2.59 bits per heavy atom. The van der Waals surface area contributed by atoms with Crippen LogP contribution >= 0.6 is 0 Å². The van der Waals surface area contributed by atoms with Gasteiger partial charge in [0.05, 0.1) is 17.8 Å². The highest BCUT2D eigenvalue weighted by atomic mass is 16.2. The zero-order valence-corrected chi connectivity index (χ0v) is 16.6. The van der Waals surface area contributed by atoms with Gasteiger partial charge in [0.15, 0.2) is 0 Å². The van der Waals surface area contributed by atoms with Crippen LogP contribution in [0.2, 0.25) is 0 Å². The molecule has 0 unspecified atom stereocenters. The summed E-state index contributed by atoms with van der Waals surface area (Å²) in [6.45, 7) is 8.28. The third-order valence-corrected chi connectivity index (χ3v) is 5.39. The largest absolute Gasteiger partial charge is 0.369 e. The summed E-state index contributed by atoms with van der Waals surface area (Å²) in [6, 6.07) is 5.89. The fourth-order valence-electron chi connectivity index (χ4n) is 3.87. The Morgan fingerprint density at radius 1 is 1.22 bits per heavy atom. The summed E-state index contributed by atoms with van der Waals surface area (Å²) < 4.78 is 1.31. The fraction of sp³-hybridized carbons (Fsp3) is 0.476. The average molecular weight is 368 g/mol. The van der Waals surface area contributed by atoms with Crippen molar-refractivity contribution in [2.75, 3.05) is 18.0 Å². The summed E-state index contributed by atoms with van der Waals surface area (Å²) in [4.78, 5) is 26.7. The second kappa shape index (κ2) is 7.94. The Bertz CT molecular complexity index is 880. The molecule has 2 aromatic rings. The molecule has 0 bridgehead atoms. The van der Waals surface area contributed by atoms with Crippen LogP contribution in [0.4, 0.5) is 5.69 Å². The number of aryl methyl sites for hydroxylation is 4. The molecule has 6 heteroatoms. The first kappa shape index (κ1) is 19.1. The number of hydrogen-bond donors (Lipinski definition) is 1. The number of nitrogens with zero attached hydrogens (tertiary/aromatic N) is 3. The number of aromatic nitrogens is 2. The van der Waals surface area contributed by atoms with Crippen LogP contribution in [0.15, 0.2) is 29.2 Å². The molecular weight excluding hydrogens is 340 g/mol. The zero-order valence-electron chi connectivity index (χ0n) is 16.6. The highest BCUT2D eigenvalue weighted by Gasteiger charge is 2.26. The first-order valence-electron chi connectivity index (χ1n) is 9.48. The van der Waals surface area contributed by atoms with Crippen LogP contribution in [-0.2, 0) is 18.4 Å². The number of piperidine rings is 1. The van der Waals surface area contributed by atoms with Gasteiger partial charge in [0.1, 0.15) is 0 Å². The molecule has 3 rings (SSSR count). The molecule has 1 amide bonds. The normalized spacial score (nSPS) is 17.0. The van der Waals surface area contributed by atoms with E-state index in [1.54, 1.807) is 19.3 Å². The summed E-state index contributed by atoms with van der Waals surface area (Å²) in [7, 11) is 1.63. The Labute approximate surface area is 160 Å². The van der Waals surface area contributed by atoms with Gasteiger partial charge in [-0.05, 0) is 50.3 Å². The van der Waals surface area contributed by atoms with Gasteiger partial charge in [-0.1, -0.05) is 17.7 Å². The number of rotatable bonds is 4. The second-order valence-electron chi connectivity index (χ2n) is 7.56. The number of benzene rings is 1. The van der Waals surface area contributed by atoms with Crippen LogP contribution in [0.3, 0.4) is 0 Å². The number of hydrogen-bond acceptors (Lipinski definition) is 4. The smallest absolute Gasteiger partial charge is 0.268 e. The maximum Gasteiger partial charge on any atom is 0.268 e. The predicted molar refractivity (Wildman–Crippen MR) is 107 cm³/mol. The monoisotopic (exact) mass is 368 g/mol. The molecule has 144 valence electrons. The molecule has 1 fully saturated rings. The highest BCUT2D eigenvalue weighted by Crippen LogP contribution is 2.22. The SMILES string of the molecule is Cc1cc(C)c(CNC(=O)[C@H]2CCCN(c3cnn(C)c(=O)c3)C2)c(C)c1. The molecule has 1 saturated heterocycles. The van der Waals surface area contributed by atoms with Gasteiger partial charge in [0.2, 0.25) is 5.91 Å². The molecule has 0 aliphatic carbocycles. The van der Waals surface area contributed by atoms with E-state index < -0.39 is 0 Å². The molecule has 2 heterocycles. The van der Waals surface area contributed by atoms with E-state index in [0.29, 0.717) is 13.1 Å². The lowest BCUT2D eigenvalue weighted by molar-refractivity contribution is -0.125. The van der Waals surface area contributed by atoms with E-state index in [1.807, 2.05) is 0 Å². The summed E-state index contributed by atoms with van der Waals surface area (Å²) in [6.07, 6.45) is 3.49. The van der Waals surface area contributed by atoms with Gasteiger partial charge in [-0.15, -0.1) is 0 Å². The van der Waals surface area contributed by atoms with Gasteiger partial charge in [0, 0.05) is 32.7 Å². The second-order valence-corrected chi connectivity index (χ2v) is 7.56. The first-order chi connectivity index (χ1) is 12.8. The topological polar surface area (TPSA) is 67.2 Å². The van der Waals surface area contributed by atoms with Crippen molar-refractivity contribution in [2.24, 2.45) is 13.0 Å². The van der Waals surface area contributed by atoms with Gasteiger partial charge in [-0.2, -0.15) is 5.10 Å². The number of nitrogens with one attached hydrogen (secondary N) is 1. The molecule has 6 nitrogen and oxygen atoms in total. The van der Waals surface area contributed by atoms with E-state index >= 15 is 0 Å². The maximum atomic E-state index is 12.7. The minimum absolute atomic E-state index is 0.0751. The van der Waals surface area contributed by atoms with Crippen molar-refractivity contribution in [1.29, 1.82) is 0 Å². The van der Waals surface area contributed by atoms with Crippen molar-refractivity contribution < 1.29 is 4.79 Å². The Balaban J connectivity index is 1.65. The highest BCUT2D eigenvalue weighted by molar-refractivity contribution is 5.79. The summed E-state index contributed by atoms with van der Waals surface area (Å²) >= 11 is 0. The molecule has 1 aliphatic heterocycles. The predicted octanol–water partition coefficient (Wildman–Crippen LogP) is 2.24. The lowest BCUT2D eigenvalue weighted by atomic mass is 9.96. The maximum absolute atomic E-state index is 12.7. The summed E-state index contributed by atoms with van der Waals surface area (Å²) in [5.41, 5.74) is 5.52. The van der Waals surface area contributed by atoms with Crippen LogP contribution in [0, 0.1) is 26.7 Å². The average Bonchev–Trinajstić information content (AvgIpc) is 2.63. The van der Waals surface area contributed by atoms with Gasteiger partial charge in [-0.3, -0.25) is 9.59 Å². The van der Waals surface area contributed by atoms with Gasteiger partial charge < -0.3 is 10.2 Å². The van der Waals surface area contributed by atoms with E-state index in [0.717, 1.165) is 25.1 Å². The molecule has 1 N–H and O–H groups in total. The number of amides is 1. The van der Waals surface area contributed by atoms with E-state index in [4.69, 9.17) is 0 Å². The quantitative estimate of drug-likeness (QED) is 0.899. The van der Waals surface area contributed by atoms with Crippen molar-refractivity contribution in [3.63, 3.8) is 0 Å². The number of anilines is 1. The first-order valence-corrected chi connectivity index (χ1v) is 9.48. The lowest BCUT2D eigenvalue weighted by Crippen LogP contribution is -2.43. The van der Waals surface area contributed by atoms with Crippen LogP contribution in [-0.4, -0.2) is 28.8 Å². The molecular formula is C21H28N4O2. The van der Waals surface area contributed by atoms with E-state index in [1.165, 1.54) is 26.9 Å². The van der Waals surface area contributed by atoms with E-state index in [9.17, 15) is 9.59 Å². The molecule has 0 spiro atoms. The molecule has 0 radical (unpaired) electrons. The fourth-order valence-corrected chi connectivity index (χ4v) is 3.87. The van der Waals surface area contributed by atoms with Gasteiger partial charge in [0.25, 0.3) is 5.56 Å². The minimum atomic E-state index is -0.135. The third-order valence-electron chi connectivity index (χ3n) is 5.39. The van der Waals surface area contributed by atoms with Crippen molar-refractivity contribution in [3.05, 3.63) is 57.0 Å². The zero-order chi connectivity index (χ0) is 19.6. The van der Waals surface area contributed by atoms with Gasteiger partial charge in [-0.25, -0.2) is 4.68 Å². The summed E-state index contributed by atoms with van der Waals surface area (Å²) in [5.74, 6) is 0.00439. The Kier molecular flexibility index (Phi) is 5.63. The van der Waals surface area contributed by atoms with Crippen molar-refractivity contribution in [2.45, 2.75) is 40.2 Å². The van der Waals surface area contributed by atoms with Crippen LogP contribution in [0.5, 0.6) is 0 Å². The molecule has 1 atom stereocenters. The van der Waals surface area contributed by atoms with Crippen molar-refractivity contribution >= 4 is 11.6 Å². The third kappa shape index (κ3) is 4.38. The van der Waals surface area contributed by atoms with Gasteiger partial charge >= 0.3 is 0 Å². The van der Waals surface area contributed by atoms with E-state index in [2.05, 4.69) is 48.2 Å². The molecule has 0 saturated carbocycles. The van der Waals surface area contributed by atoms with Crippen LogP contribution < -0.4 is 15.8 Å². The number of carbonyl (C=O) groups is 1. The van der Waals surface area contributed by atoms with Crippen LogP contribution in [0.25, 0.3) is 0 Å². The molecule has 1 aromatic heterocycles. The minimum Gasteiger partial charge on any atom is -0.369 e. The Hall–Kier alpha value is -2.63. The van der Waals surface area contributed by atoms with E-state index in [-0.39, 0.29) is 17.4 Å². The number of carbonyl (C=O) groups excluding carboxylic acids is 1. The molecule has 1 aromatic carbocycles. The standard InChI is InChI=1S/C21H28N4O2/c1-14-8-15(2)19(16(3)9-14)12-22-21(27)17-6-5-7-25(13-17)18-10-20(26)24(4)23-11-18/h8-11,17H,5-7,12-13H2,1-4H3,(H,22,27)/t17-/m0/s1. The van der Waals surface area contributed by atoms with Crippen molar-refractivity contribution in [1.82, 2.24) is 15.1 Å². The van der Waals surface area contributed by atoms with Crippen molar-refractivity contribution in [3.8, 4) is 0 Å². The molecule has 27 heavy (non-hydrogen) atoms. The summed E-state index contributed by atoms with van der Waals surface area (Å²) in [5, 5.41) is 7.20. The lowest BCUT2D eigenvalue weighted by Gasteiger charge is -2.33. The van der Waals surface area contributed by atoms with Crippen LogP contribution in [0.1, 0.15) is 35.1 Å². The molecule has 1 aliphatic rings.